The highest BCUT2D eigenvalue weighted by Crippen LogP contribution is 2.28. The highest BCUT2D eigenvalue weighted by atomic mass is 32.2. The number of benzene rings is 3. The number of nitrogens with zero attached hydrogens (tertiary/aromatic N) is 2. The van der Waals surface area contributed by atoms with E-state index in [4.69, 9.17) is 0 Å². The Balaban J connectivity index is 1.49. The molecule has 1 fully saturated rings. The molecule has 7 heteroatoms. The lowest BCUT2D eigenvalue weighted by Gasteiger charge is -2.25. The van der Waals surface area contributed by atoms with Crippen molar-refractivity contribution < 1.29 is 13.2 Å². The van der Waals surface area contributed by atoms with Crippen molar-refractivity contribution in [3.63, 3.8) is 0 Å². The molecule has 168 valence electrons. The van der Waals surface area contributed by atoms with E-state index in [1.165, 1.54) is 22.8 Å². The molecule has 0 aromatic heterocycles. The summed E-state index contributed by atoms with van der Waals surface area (Å²) in [6.07, 6.45) is 3.58. The minimum atomic E-state index is -3.65. The van der Waals surface area contributed by atoms with Gasteiger partial charge in [0.15, 0.2) is 0 Å². The Hall–Kier alpha value is -3.06. The molecule has 0 bridgehead atoms. The van der Waals surface area contributed by atoms with Crippen LogP contribution in [0, 0.1) is 0 Å². The van der Waals surface area contributed by atoms with Gasteiger partial charge in [-0.1, -0.05) is 48.5 Å². The van der Waals surface area contributed by atoms with Gasteiger partial charge >= 0.3 is 0 Å². The van der Waals surface area contributed by atoms with E-state index in [2.05, 4.69) is 22.3 Å². The molecule has 6 nitrogen and oxygen atoms in total. The van der Waals surface area contributed by atoms with Gasteiger partial charge in [-0.2, -0.15) is 0 Å². The molecule has 32 heavy (non-hydrogen) atoms. The van der Waals surface area contributed by atoms with Gasteiger partial charge in [-0.15, -0.1) is 0 Å². The Labute approximate surface area is 189 Å². The van der Waals surface area contributed by atoms with Gasteiger partial charge in [0.2, 0.25) is 15.9 Å². The average molecular weight is 452 g/mol. The van der Waals surface area contributed by atoms with Crippen molar-refractivity contribution in [3.8, 4) is 0 Å². The SMILES string of the molecule is CC(NC(=O)CN(c1cccc2ccccc12)S(C)(=O)=O)c1ccc(N2CCCC2)cc1. The van der Waals surface area contributed by atoms with Crippen LogP contribution < -0.4 is 14.5 Å². The van der Waals surface area contributed by atoms with Crippen LogP contribution in [-0.4, -0.2) is 40.2 Å². The zero-order valence-electron chi connectivity index (χ0n) is 18.5. The molecule has 1 heterocycles. The van der Waals surface area contributed by atoms with E-state index in [0.29, 0.717) is 5.69 Å². The van der Waals surface area contributed by atoms with Crippen molar-refractivity contribution in [1.82, 2.24) is 5.32 Å². The lowest BCUT2D eigenvalue weighted by molar-refractivity contribution is -0.120. The molecular formula is C25H29N3O3S. The molecule has 0 radical (unpaired) electrons. The molecule has 3 aromatic carbocycles. The summed E-state index contributed by atoms with van der Waals surface area (Å²) < 4.78 is 26.3. The molecule has 1 saturated heterocycles. The van der Waals surface area contributed by atoms with Crippen LogP contribution in [0.2, 0.25) is 0 Å². The highest BCUT2D eigenvalue weighted by molar-refractivity contribution is 7.92. The number of carbonyl (C=O) groups is 1. The first-order valence-corrected chi connectivity index (χ1v) is 12.8. The molecule has 1 unspecified atom stereocenters. The van der Waals surface area contributed by atoms with Crippen LogP contribution in [0.1, 0.15) is 31.4 Å². The van der Waals surface area contributed by atoms with Crippen LogP contribution in [0.4, 0.5) is 11.4 Å². The highest BCUT2D eigenvalue weighted by Gasteiger charge is 2.23. The molecular weight excluding hydrogens is 422 g/mol. The molecule has 1 amide bonds. The summed E-state index contributed by atoms with van der Waals surface area (Å²) in [5.74, 6) is -0.348. The first-order valence-electron chi connectivity index (χ1n) is 10.9. The van der Waals surface area contributed by atoms with E-state index >= 15 is 0 Å². The van der Waals surface area contributed by atoms with Crippen LogP contribution in [0.15, 0.2) is 66.7 Å². The number of fused-ring (bicyclic) bond motifs is 1. The van der Waals surface area contributed by atoms with Crippen LogP contribution in [0.25, 0.3) is 10.8 Å². The lowest BCUT2D eigenvalue weighted by atomic mass is 10.1. The van der Waals surface area contributed by atoms with E-state index in [1.807, 2.05) is 49.4 Å². The van der Waals surface area contributed by atoms with Crippen LogP contribution in [-0.2, 0) is 14.8 Å². The second-order valence-electron chi connectivity index (χ2n) is 8.34. The van der Waals surface area contributed by atoms with Crippen molar-refractivity contribution in [2.24, 2.45) is 0 Å². The number of sulfonamides is 1. The largest absolute Gasteiger partial charge is 0.372 e. The van der Waals surface area contributed by atoms with Crippen LogP contribution in [0.3, 0.4) is 0 Å². The summed E-state index contributed by atoms with van der Waals surface area (Å²) in [6.45, 7) is 3.80. The fourth-order valence-corrected chi connectivity index (χ4v) is 5.13. The molecule has 3 aromatic rings. The molecule has 0 saturated carbocycles. The summed E-state index contributed by atoms with van der Waals surface area (Å²) in [4.78, 5) is 15.2. The fourth-order valence-electron chi connectivity index (χ4n) is 4.26. The second kappa shape index (κ2) is 9.20. The Bertz CT molecular complexity index is 1200. The maximum absolute atomic E-state index is 12.8. The molecule has 4 rings (SSSR count). The fraction of sp³-hybridized carbons (Fsp3) is 0.320. The zero-order valence-corrected chi connectivity index (χ0v) is 19.3. The first-order chi connectivity index (χ1) is 15.3. The Morgan fingerprint density at radius 1 is 1.00 bits per heavy atom. The Morgan fingerprint density at radius 2 is 1.66 bits per heavy atom. The molecule has 1 aliphatic heterocycles. The predicted molar refractivity (Wildman–Crippen MR) is 131 cm³/mol. The van der Waals surface area contributed by atoms with Gasteiger partial charge in [0.1, 0.15) is 6.54 Å². The monoisotopic (exact) mass is 451 g/mol. The summed E-state index contributed by atoms with van der Waals surface area (Å²) in [6, 6.07) is 21.0. The summed E-state index contributed by atoms with van der Waals surface area (Å²) in [5, 5.41) is 4.66. The van der Waals surface area contributed by atoms with E-state index in [0.717, 1.165) is 35.7 Å². The van der Waals surface area contributed by atoms with Crippen molar-refractivity contribution in [2.75, 3.05) is 35.1 Å². The number of hydrogen-bond acceptors (Lipinski definition) is 4. The number of nitrogens with one attached hydrogen (secondary N) is 1. The van der Waals surface area contributed by atoms with Crippen molar-refractivity contribution in [1.29, 1.82) is 0 Å². The summed E-state index contributed by atoms with van der Waals surface area (Å²) in [5.41, 5.74) is 2.68. The number of hydrogen-bond donors (Lipinski definition) is 1. The maximum atomic E-state index is 12.8. The smallest absolute Gasteiger partial charge is 0.241 e. The molecule has 1 N–H and O–H groups in total. The molecule has 0 spiro atoms. The predicted octanol–water partition coefficient (Wildman–Crippen LogP) is 4.08. The quantitative estimate of drug-likeness (QED) is 0.588. The minimum absolute atomic E-state index is 0.232. The van der Waals surface area contributed by atoms with E-state index < -0.39 is 10.0 Å². The molecule has 1 atom stereocenters. The van der Waals surface area contributed by atoms with Gasteiger partial charge in [-0.25, -0.2) is 8.42 Å². The van der Waals surface area contributed by atoms with Gasteiger partial charge in [-0.3, -0.25) is 9.10 Å². The normalized spacial score (nSPS) is 15.0. The number of carbonyl (C=O) groups excluding carboxylic acids is 1. The third-order valence-electron chi connectivity index (χ3n) is 5.96. The topological polar surface area (TPSA) is 69.7 Å². The van der Waals surface area contributed by atoms with Gasteiger partial charge in [0, 0.05) is 24.2 Å². The Kier molecular flexibility index (Phi) is 6.37. The maximum Gasteiger partial charge on any atom is 0.241 e. The summed E-state index contributed by atoms with van der Waals surface area (Å²) >= 11 is 0. The standard InChI is InChI=1S/C25H29N3O3S/c1-19(20-12-14-22(15-13-20)27-16-5-6-17-27)26-25(29)18-28(32(2,30)31)24-11-7-9-21-8-3-4-10-23(21)24/h3-4,7-15,19H,5-6,16-18H2,1-2H3,(H,26,29). The zero-order chi connectivity index (χ0) is 22.7. The lowest BCUT2D eigenvalue weighted by Crippen LogP contribution is -2.41. The van der Waals surface area contributed by atoms with Gasteiger partial charge in [-0.05, 0) is 48.9 Å². The van der Waals surface area contributed by atoms with Crippen LogP contribution in [0.5, 0.6) is 0 Å². The van der Waals surface area contributed by atoms with Crippen LogP contribution >= 0.6 is 0 Å². The Morgan fingerprint density at radius 3 is 2.34 bits per heavy atom. The van der Waals surface area contributed by atoms with Gasteiger partial charge in [0.05, 0.1) is 18.0 Å². The molecule has 1 aliphatic rings. The second-order valence-corrected chi connectivity index (χ2v) is 10.2. The van der Waals surface area contributed by atoms with Gasteiger partial charge < -0.3 is 10.2 Å². The average Bonchev–Trinajstić information content (AvgIpc) is 3.31. The van der Waals surface area contributed by atoms with E-state index in [9.17, 15) is 13.2 Å². The third-order valence-corrected chi connectivity index (χ3v) is 7.09. The minimum Gasteiger partial charge on any atom is -0.372 e. The van der Waals surface area contributed by atoms with Crippen molar-refractivity contribution in [3.05, 3.63) is 72.3 Å². The van der Waals surface area contributed by atoms with E-state index in [-0.39, 0.29) is 18.5 Å². The van der Waals surface area contributed by atoms with E-state index in [1.54, 1.807) is 12.1 Å². The van der Waals surface area contributed by atoms with Crippen molar-refractivity contribution in [2.45, 2.75) is 25.8 Å². The third kappa shape index (κ3) is 4.88. The van der Waals surface area contributed by atoms with Crippen molar-refractivity contribution >= 4 is 38.1 Å². The summed E-state index contributed by atoms with van der Waals surface area (Å²) in [7, 11) is -3.65. The number of rotatable bonds is 7. The number of anilines is 2. The number of amides is 1. The van der Waals surface area contributed by atoms with Gasteiger partial charge in [0.25, 0.3) is 0 Å². The molecule has 0 aliphatic carbocycles. The first kappa shape index (κ1) is 22.1.